The summed E-state index contributed by atoms with van der Waals surface area (Å²) in [6, 6.07) is 7.59. The molecule has 1 rings (SSSR count). The highest BCUT2D eigenvalue weighted by Gasteiger charge is 2.04. The Kier molecular flexibility index (Phi) is 4.43. The zero-order valence-electron chi connectivity index (χ0n) is 8.96. The Labute approximate surface area is 95.0 Å². The first-order valence-corrected chi connectivity index (χ1v) is 5.18. The highest BCUT2D eigenvalue weighted by atomic mass is 35.5. The first-order chi connectivity index (χ1) is 7.13. The van der Waals surface area contributed by atoms with E-state index in [0.29, 0.717) is 6.54 Å². The number of amides is 2. The van der Waals surface area contributed by atoms with Gasteiger partial charge in [-0.3, -0.25) is 0 Å². The van der Waals surface area contributed by atoms with Gasteiger partial charge >= 0.3 is 6.03 Å². The van der Waals surface area contributed by atoms with E-state index in [1.807, 2.05) is 24.3 Å². The lowest BCUT2D eigenvalue weighted by molar-refractivity contribution is 0.211. The molecule has 0 unspecified atom stereocenters. The van der Waals surface area contributed by atoms with Gasteiger partial charge in [0, 0.05) is 25.7 Å². The van der Waals surface area contributed by atoms with Crippen LogP contribution in [0.5, 0.6) is 0 Å². The average molecular weight is 227 g/mol. The van der Waals surface area contributed by atoms with Crippen LogP contribution in [0.2, 0.25) is 5.02 Å². The van der Waals surface area contributed by atoms with Crippen LogP contribution in [0.15, 0.2) is 24.3 Å². The van der Waals surface area contributed by atoms with E-state index < -0.39 is 0 Å². The summed E-state index contributed by atoms with van der Waals surface area (Å²) in [4.78, 5) is 12.8. The van der Waals surface area contributed by atoms with Crippen molar-refractivity contribution in [1.82, 2.24) is 10.2 Å². The molecule has 0 aromatic heterocycles. The average Bonchev–Trinajstić information content (AvgIpc) is 2.26. The monoisotopic (exact) mass is 226 g/mol. The van der Waals surface area contributed by atoms with Gasteiger partial charge in [-0.15, -0.1) is 0 Å². The lowest BCUT2D eigenvalue weighted by Crippen LogP contribution is -2.36. The lowest BCUT2D eigenvalue weighted by Gasteiger charge is -2.16. The number of carbonyl (C=O) groups is 1. The van der Waals surface area contributed by atoms with E-state index in [4.69, 9.17) is 11.6 Å². The third-order valence-electron chi connectivity index (χ3n) is 2.21. The molecule has 0 aliphatic heterocycles. The fourth-order valence-corrected chi connectivity index (χ4v) is 1.37. The van der Waals surface area contributed by atoms with E-state index in [1.165, 1.54) is 5.56 Å². The summed E-state index contributed by atoms with van der Waals surface area (Å²) < 4.78 is 0. The molecule has 0 saturated heterocycles. The Hall–Kier alpha value is -1.22. The van der Waals surface area contributed by atoms with Gasteiger partial charge in [0.2, 0.25) is 0 Å². The largest absolute Gasteiger partial charge is 0.341 e. The number of hydrogen-bond acceptors (Lipinski definition) is 1. The molecule has 15 heavy (non-hydrogen) atoms. The third kappa shape index (κ3) is 3.80. The second-order valence-corrected chi connectivity index (χ2v) is 3.79. The molecule has 0 bridgehead atoms. The zero-order chi connectivity index (χ0) is 11.3. The van der Waals surface area contributed by atoms with Crippen LogP contribution < -0.4 is 5.32 Å². The summed E-state index contributed by atoms with van der Waals surface area (Å²) in [6.07, 6.45) is 0.834. The molecule has 0 heterocycles. The Balaban J connectivity index is 2.43. The van der Waals surface area contributed by atoms with Crippen molar-refractivity contribution < 1.29 is 4.79 Å². The maximum atomic E-state index is 11.2. The van der Waals surface area contributed by atoms with Crippen molar-refractivity contribution in [3.05, 3.63) is 34.9 Å². The van der Waals surface area contributed by atoms with Gasteiger partial charge in [0.1, 0.15) is 0 Å². The standard InChI is InChI=1S/C11H15ClN2O/c1-13-11(15)14(2)8-7-9-3-5-10(12)6-4-9/h3-6H,7-8H2,1-2H3,(H,13,15). The first kappa shape index (κ1) is 11.9. The fraction of sp³-hybridized carbons (Fsp3) is 0.364. The van der Waals surface area contributed by atoms with Crippen LogP contribution in [-0.4, -0.2) is 31.6 Å². The summed E-state index contributed by atoms with van der Waals surface area (Å²) in [5.41, 5.74) is 1.18. The second-order valence-electron chi connectivity index (χ2n) is 3.35. The van der Waals surface area contributed by atoms with Gasteiger partial charge in [0.15, 0.2) is 0 Å². The molecule has 82 valence electrons. The van der Waals surface area contributed by atoms with Crippen LogP contribution >= 0.6 is 11.6 Å². The summed E-state index contributed by atoms with van der Waals surface area (Å²) >= 11 is 5.77. The Morgan fingerprint density at radius 3 is 2.53 bits per heavy atom. The fourth-order valence-electron chi connectivity index (χ4n) is 1.24. The lowest BCUT2D eigenvalue weighted by atomic mass is 10.1. The van der Waals surface area contributed by atoms with Crippen LogP contribution in [0.3, 0.4) is 0 Å². The summed E-state index contributed by atoms with van der Waals surface area (Å²) in [7, 11) is 3.40. The molecular formula is C11H15ClN2O. The summed E-state index contributed by atoms with van der Waals surface area (Å²) in [5.74, 6) is 0. The minimum absolute atomic E-state index is 0.0658. The topological polar surface area (TPSA) is 32.3 Å². The third-order valence-corrected chi connectivity index (χ3v) is 2.46. The van der Waals surface area contributed by atoms with Crippen molar-refractivity contribution >= 4 is 17.6 Å². The molecule has 1 aromatic rings. The van der Waals surface area contributed by atoms with Gasteiger partial charge in [0.25, 0.3) is 0 Å². The number of urea groups is 1. The van der Waals surface area contributed by atoms with E-state index in [1.54, 1.807) is 19.0 Å². The maximum absolute atomic E-state index is 11.2. The highest BCUT2D eigenvalue weighted by Crippen LogP contribution is 2.10. The van der Waals surface area contributed by atoms with Crippen LogP contribution in [0, 0.1) is 0 Å². The Bertz CT molecular complexity index is 324. The van der Waals surface area contributed by atoms with Crippen molar-refractivity contribution in [2.75, 3.05) is 20.6 Å². The van der Waals surface area contributed by atoms with Gasteiger partial charge < -0.3 is 10.2 Å². The maximum Gasteiger partial charge on any atom is 0.316 e. The molecule has 2 amide bonds. The molecule has 1 N–H and O–H groups in total. The molecular weight excluding hydrogens is 212 g/mol. The SMILES string of the molecule is CNC(=O)N(C)CCc1ccc(Cl)cc1. The van der Waals surface area contributed by atoms with E-state index in [0.717, 1.165) is 11.4 Å². The molecule has 0 fully saturated rings. The number of rotatable bonds is 3. The van der Waals surface area contributed by atoms with E-state index in [-0.39, 0.29) is 6.03 Å². The summed E-state index contributed by atoms with van der Waals surface area (Å²) in [6.45, 7) is 0.696. The van der Waals surface area contributed by atoms with Gasteiger partial charge in [-0.05, 0) is 24.1 Å². The van der Waals surface area contributed by atoms with Crippen LogP contribution in [0.4, 0.5) is 4.79 Å². The van der Waals surface area contributed by atoms with Crippen LogP contribution in [0.1, 0.15) is 5.56 Å². The van der Waals surface area contributed by atoms with Crippen LogP contribution in [0.25, 0.3) is 0 Å². The van der Waals surface area contributed by atoms with Gasteiger partial charge in [-0.25, -0.2) is 4.79 Å². The normalized spacial score (nSPS) is 9.80. The molecule has 0 saturated carbocycles. The number of benzene rings is 1. The molecule has 0 spiro atoms. The van der Waals surface area contributed by atoms with E-state index >= 15 is 0 Å². The predicted octanol–water partition coefficient (Wildman–Crippen LogP) is 2.15. The van der Waals surface area contributed by atoms with E-state index in [9.17, 15) is 4.79 Å². The van der Waals surface area contributed by atoms with Crippen molar-refractivity contribution in [1.29, 1.82) is 0 Å². The molecule has 3 nitrogen and oxygen atoms in total. The van der Waals surface area contributed by atoms with Crippen molar-refractivity contribution in [2.24, 2.45) is 0 Å². The molecule has 0 aliphatic rings. The quantitative estimate of drug-likeness (QED) is 0.842. The number of halogens is 1. The second kappa shape index (κ2) is 5.61. The highest BCUT2D eigenvalue weighted by molar-refractivity contribution is 6.30. The predicted molar refractivity (Wildman–Crippen MR) is 62.2 cm³/mol. The van der Waals surface area contributed by atoms with Crippen molar-refractivity contribution in [3.63, 3.8) is 0 Å². The molecule has 0 atom stereocenters. The van der Waals surface area contributed by atoms with Crippen LogP contribution in [-0.2, 0) is 6.42 Å². The van der Waals surface area contributed by atoms with Crippen molar-refractivity contribution in [3.8, 4) is 0 Å². The Morgan fingerprint density at radius 1 is 1.40 bits per heavy atom. The minimum atomic E-state index is -0.0658. The molecule has 0 aliphatic carbocycles. The van der Waals surface area contributed by atoms with Crippen molar-refractivity contribution in [2.45, 2.75) is 6.42 Å². The minimum Gasteiger partial charge on any atom is -0.341 e. The number of carbonyl (C=O) groups excluding carboxylic acids is 1. The number of nitrogens with zero attached hydrogens (tertiary/aromatic N) is 1. The number of hydrogen-bond donors (Lipinski definition) is 1. The number of nitrogens with one attached hydrogen (secondary N) is 1. The zero-order valence-corrected chi connectivity index (χ0v) is 9.71. The molecule has 4 heteroatoms. The van der Waals surface area contributed by atoms with Gasteiger partial charge in [-0.2, -0.15) is 0 Å². The summed E-state index contributed by atoms with van der Waals surface area (Å²) in [5, 5.41) is 3.31. The van der Waals surface area contributed by atoms with Gasteiger partial charge in [0.05, 0.1) is 0 Å². The van der Waals surface area contributed by atoms with Gasteiger partial charge in [-0.1, -0.05) is 23.7 Å². The molecule has 0 radical (unpaired) electrons. The first-order valence-electron chi connectivity index (χ1n) is 4.81. The number of likely N-dealkylation sites (N-methyl/N-ethyl adjacent to an activating group) is 1. The Morgan fingerprint density at radius 2 is 2.00 bits per heavy atom. The smallest absolute Gasteiger partial charge is 0.316 e. The van der Waals surface area contributed by atoms with E-state index in [2.05, 4.69) is 5.32 Å². The molecule has 1 aromatic carbocycles.